The molecule has 1 saturated heterocycles. The predicted octanol–water partition coefficient (Wildman–Crippen LogP) is 0.421. The summed E-state index contributed by atoms with van der Waals surface area (Å²) in [4.78, 5) is 25.0. The number of rotatable bonds is 4. The molecule has 0 radical (unpaired) electrons. The topological polar surface area (TPSA) is 95.0 Å². The minimum Gasteiger partial charge on any atom is -0.478 e. The Labute approximate surface area is 135 Å². The molecule has 126 valence electrons. The molecule has 0 atom stereocenters. The molecule has 1 N–H and O–H groups in total. The van der Waals surface area contributed by atoms with Gasteiger partial charge in [0, 0.05) is 26.2 Å². The van der Waals surface area contributed by atoms with Crippen molar-refractivity contribution < 1.29 is 23.1 Å². The van der Waals surface area contributed by atoms with Crippen molar-refractivity contribution in [2.75, 3.05) is 32.4 Å². The molecule has 1 aliphatic heterocycles. The zero-order valence-corrected chi connectivity index (χ0v) is 13.8. The number of hydrogen-bond donors (Lipinski definition) is 1. The van der Waals surface area contributed by atoms with E-state index in [1.165, 1.54) is 22.7 Å². The van der Waals surface area contributed by atoms with Gasteiger partial charge in [-0.15, -0.1) is 0 Å². The molecule has 0 aromatic heterocycles. The molecule has 0 bridgehead atoms. The van der Waals surface area contributed by atoms with Gasteiger partial charge in [0.2, 0.25) is 15.9 Å². The summed E-state index contributed by atoms with van der Waals surface area (Å²) >= 11 is 0. The molecule has 2 rings (SSSR count). The van der Waals surface area contributed by atoms with E-state index < -0.39 is 16.0 Å². The summed E-state index contributed by atoms with van der Waals surface area (Å²) in [7, 11) is -3.24. The molecule has 23 heavy (non-hydrogen) atoms. The number of carboxylic acid groups (broad SMARTS) is 1. The van der Waals surface area contributed by atoms with Gasteiger partial charge in [-0.3, -0.25) is 4.79 Å². The van der Waals surface area contributed by atoms with Crippen molar-refractivity contribution in [2.24, 2.45) is 0 Å². The van der Waals surface area contributed by atoms with E-state index in [-0.39, 0.29) is 17.9 Å². The lowest BCUT2D eigenvalue weighted by Gasteiger charge is -2.21. The molecule has 1 fully saturated rings. The van der Waals surface area contributed by atoms with Crippen molar-refractivity contribution >= 4 is 21.9 Å². The van der Waals surface area contributed by atoms with E-state index in [0.717, 1.165) is 0 Å². The Morgan fingerprint density at radius 3 is 2.57 bits per heavy atom. The fourth-order valence-electron chi connectivity index (χ4n) is 2.58. The number of carbonyl (C=O) groups excluding carboxylic acids is 1. The largest absolute Gasteiger partial charge is 0.478 e. The molecule has 0 unspecified atom stereocenters. The lowest BCUT2D eigenvalue weighted by atomic mass is 10.1. The van der Waals surface area contributed by atoms with Crippen LogP contribution in [-0.4, -0.2) is 67.0 Å². The van der Waals surface area contributed by atoms with E-state index in [1.807, 2.05) is 0 Å². The zero-order chi connectivity index (χ0) is 17.0. The maximum Gasteiger partial charge on any atom is 0.335 e. The number of hydrogen-bond acceptors (Lipinski definition) is 4. The fraction of sp³-hybridized carbons (Fsp3) is 0.467. The lowest BCUT2D eigenvalue weighted by Crippen LogP contribution is -2.37. The number of sulfonamides is 1. The molecular weight excluding hydrogens is 320 g/mol. The zero-order valence-electron chi connectivity index (χ0n) is 12.9. The van der Waals surface area contributed by atoms with Crippen molar-refractivity contribution in [3.05, 3.63) is 35.4 Å². The van der Waals surface area contributed by atoms with Crippen molar-refractivity contribution in [3.8, 4) is 0 Å². The van der Waals surface area contributed by atoms with Gasteiger partial charge in [-0.2, -0.15) is 0 Å². The Hall–Kier alpha value is -1.93. The molecule has 8 heteroatoms. The van der Waals surface area contributed by atoms with Crippen LogP contribution < -0.4 is 0 Å². The summed E-state index contributed by atoms with van der Waals surface area (Å²) < 4.78 is 24.5. The van der Waals surface area contributed by atoms with Crippen LogP contribution >= 0.6 is 0 Å². The Balaban J connectivity index is 2.01. The number of amides is 1. The third kappa shape index (κ3) is 4.77. The molecule has 0 aliphatic carbocycles. The van der Waals surface area contributed by atoms with E-state index >= 15 is 0 Å². The summed E-state index contributed by atoms with van der Waals surface area (Å²) in [6.45, 7) is 1.56. The lowest BCUT2D eigenvalue weighted by molar-refractivity contribution is -0.130. The highest BCUT2D eigenvalue weighted by Gasteiger charge is 2.23. The van der Waals surface area contributed by atoms with Crippen LogP contribution in [0.25, 0.3) is 0 Å². The van der Waals surface area contributed by atoms with Crippen LogP contribution in [0.1, 0.15) is 22.3 Å². The van der Waals surface area contributed by atoms with E-state index in [0.29, 0.717) is 38.2 Å². The molecule has 1 aromatic rings. The van der Waals surface area contributed by atoms with Gasteiger partial charge in [-0.05, 0) is 24.1 Å². The van der Waals surface area contributed by atoms with E-state index in [2.05, 4.69) is 0 Å². The SMILES string of the molecule is CS(=O)(=O)N1CCCN(C(=O)Cc2cccc(C(=O)O)c2)CC1. The van der Waals surface area contributed by atoms with Gasteiger partial charge in [0.05, 0.1) is 18.2 Å². The molecule has 1 aliphatic rings. The van der Waals surface area contributed by atoms with Gasteiger partial charge in [-0.25, -0.2) is 17.5 Å². The number of aromatic carboxylic acids is 1. The first kappa shape index (κ1) is 17.4. The second-order valence-electron chi connectivity index (χ2n) is 5.58. The van der Waals surface area contributed by atoms with Crippen LogP contribution in [0.3, 0.4) is 0 Å². The summed E-state index contributed by atoms with van der Waals surface area (Å²) in [5, 5.41) is 8.98. The van der Waals surface area contributed by atoms with Crippen LogP contribution in [-0.2, 0) is 21.2 Å². The quantitative estimate of drug-likeness (QED) is 0.857. The third-order valence-electron chi connectivity index (χ3n) is 3.81. The van der Waals surface area contributed by atoms with Crippen LogP contribution in [0.15, 0.2) is 24.3 Å². The maximum absolute atomic E-state index is 12.4. The highest BCUT2D eigenvalue weighted by Crippen LogP contribution is 2.11. The first-order chi connectivity index (χ1) is 10.8. The minimum atomic E-state index is -3.24. The van der Waals surface area contributed by atoms with E-state index in [9.17, 15) is 18.0 Å². The second-order valence-corrected chi connectivity index (χ2v) is 7.56. The molecule has 7 nitrogen and oxygen atoms in total. The summed E-state index contributed by atoms with van der Waals surface area (Å²) in [6.07, 6.45) is 1.87. The van der Waals surface area contributed by atoms with Crippen LogP contribution in [0.2, 0.25) is 0 Å². The van der Waals surface area contributed by atoms with Crippen LogP contribution in [0.5, 0.6) is 0 Å². The van der Waals surface area contributed by atoms with Gasteiger partial charge >= 0.3 is 5.97 Å². The Morgan fingerprint density at radius 2 is 1.91 bits per heavy atom. The highest BCUT2D eigenvalue weighted by molar-refractivity contribution is 7.88. The van der Waals surface area contributed by atoms with Crippen molar-refractivity contribution in [2.45, 2.75) is 12.8 Å². The Kier molecular flexibility index (Phi) is 5.38. The first-order valence-corrected chi connectivity index (χ1v) is 9.17. The van der Waals surface area contributed by atoms with Gasteiger partial charge in [0.25, 0.3) is 0 Å². The predicted molar refractivity (Wildman–Crippen MR) is 84.7 cm³/mol. The third-order valence-corrected chi connectivity index (χ3v) is 5.11. The molecular formula is C15H20N2O5S. The Bertz CT molecular complexity index is 702. The minimum absolute atomic E-state index is 0.111. The smallest absolute Gasteiger partial charge is 0.335 e. The number of carboxylic acids is 1. The van der Waals surface area contributed by atoms with Crippen LogP contribution in [0, 0.1) is 0 Å². The van der Waals surface area contributed by atoms with Gasteiger partial charge < -0.3 is 10.0 Å². The number of nitrogens with zero attached hydrogens (tertiary/aromatic N) is 2. The fourth-order valence-corrected chi connectivity index (χ4v) is 3.45. The average molecular weight is 340 g/mol. The van der Waals surface area contributed by atoms with Crippen molar-refractivity contribution in [1.29, 1.82) is 0 Å². The summed E-state index contributed by atoms with van der Waals surface area (Å²) in [5.74, 6) is -1.15. The normalized spacial score (nSPS) is 16.8. The van der Waals surface area contributed by atoms with E-state index in [1.54, 1.807) is 17.0 Å². The molecule has 1 heterocycles. The number of carbonyl (C=O) groups is 2. The monoisotopic (exact) mass is 340 g/mol. The number of benzene rings is 1. The van der Waals surface area contributed by atoms with E-state index in [4.69, 9.17) is 5.11 Å². The van der Waals surface area contributed by atoms with Gasteiger partial charge in [-0.1, -0.05) is 12.1 Å². The highest BCUT2D eigenvalue weighted by atomic mass is 32.2. The second kappa shape index (κ2) is 7.10. The van der Waals surface area contributed by atoms with Gasteiger partial charge in [0.1, 0.15) is 0 Å². The van der Waals surface area contributed by atoms with Crippen LogP contribution in [0.4, 0.5) is 0 Å². The average Bonchev–Trinajstić information content (AvgIpc) is 2.73. The standard InChI is InChI=1S/C15H20N2O5S/c1-23(21,22)17-7-3-6-16(8-9-17)14(18)11-12-4-2-5-13(10-12)15(19)20/h2,4-5,10H,3,6-9,11H2,1H3,(H,19,20). The van der Waals surface area contributed by atoms with Gasteiger partial charge in [0.15, 0.2) is 0 Å². The molecule has 0 spiro atoms. The molecule has 1 amide bonds. The molecule has 1 aromatic carbocycles. The maximum atomic E-state index is 12.4. The summed E-state index contributed by atoms with van der Waals surface area (Å²) in [6, 6.07) is 6.29. The summed E-state index contributed by atoms with van der Waals surface area (Å²) in [5.41, 5.74) is 0.786. The van der Waals surface area contributed by atoms with Crippen molar-refractivity contribution in [3.63, 3.8) is 0 Å². The van der Waals surface area contributed by atoms with Crippen molar-refractivity contribution in [1.82, 2.24) is 9.21 Å². The molecule has 0 saturated carbocycles. The Morgan fingerprint density at radius 1 is 1.17 bits per heavy atom. The first-order valence-electron chi connectivity index (χ1n) is 7.32.